The maximum absolute atomic E-state index is 13.1. The Kier molecular flexibility index (Phi) is 5.69. The summed E-state index contributed by atoms with van der Waals surface area (Å²) in [5, 5.41) is 1.75. The van der Waals surface area contributed by atoms with Crippen molar-refractivity contribution >= 4 is 40.2 Å². The molecule has 0 radical (unpaired) electrons. The Morgan fingerprint density at radius 3 is 2.72 bits per heavy atom. The first-order valence-electron chi connectivity index (χ1n) is 8.52. The Morgan fingerprint density at radius 1 is 1.32 bits per heavy atom. The molecule has 1 heterocycles. The molecular formula is C18H22ClN3O2S. The molecule has 1 amide bonds. The number of nitrogens with zero attached hydrogens (tertiary/aromatic N) is 3. The van der Waals surface area contributed by atoms with Crippen LogP contribution in [0.2, 0.25) is 5.02 Å². The van der Waals surface area contributed by atoms with Gasteiger partial charge < -0.3 is 4.90 Å². The van der Waals surface area contributed by atoms with E-state index in [9.17, 15) is 9.59 Å². The Morgan fingerprint density at radius 2 is 2.04 bits per heavy atom. The number of hydrogen-bond donors (Lipinski definition) is 0. The van der Waals surface area contributed by atoms with Crippen LogP contribution in [0.3, 0.4) is 0 Å². The molecule has 1 fully saturated rings. The molecule has 5 nitrogen and oxygen atoms in total. The molecule has 1 saturated carbocycles. The van der Waals surface area contributed by atoms with E-state index in [0.29, 0.717) is 21.1 Å². The van der Waals surface area contributed by atoms with E-state index in [1.165, 1.54) is 18.2 Å². The molecule has 7 heteroatoms. The number of hydrogen-bond acceptors (Lipinski definition) is 4. The molecule has 1 aliphatic rings. The van der Waals surface area contributed by atoms with Gasteiger partial charge in [-0.25, -0.2) is 4.98 Å². The lowest BCUT2D eigenvalue weighted by Gasteiger charge is -2.26. The van der Waals surface area contributed by atoms with Crippen molar-refractivity contribution < 1.29 is 4.79 Å². The lowest BCUT2D eigenvalue weighted by molar-refractivity contribution is -0.125. The van der Waals surface area contributed by atoms with Gasteiger partial charge >= 0.3 is 0 Å². The van der Waals surface area contributed by atoms with Crippen LogP contribution in [0.4, 0.5) is 0 Å². The first kappa shape index (κ1) is 18.3. The number of halogens is 1. The minimum atomic E-state index is -0.0339. The molecule has 0 N–H and O–H groups in total. The summed E-state index contributed by atoms with van der Waals surface area (Å²) in [6.07, 6.45) is 5.42. The van der Waals surface area contributed by atoms with Crippen LogP contribution in [0.5, 0.6) is 0 Å². The van der Waals surface area contributed by atoms with Gasteiger partial charge in [-0.1, -0.05) is 42.6 Å². The molecule has 3 rings (SSSR count). The SMILES string of the molecule is CN(C)C(=O)CSc1nc2cc(Cl)ccc2c(=O)n1C1CCCCC1. The first-order chi connectivity index (χ1) is 12.0. The number of amides is 1. The van der Waals surface area contributed by atoms with Gasteiger partial charge in [0.25, 0.3) is 5.56 Å². The zero-order valence-electron chi connectivity index (χ0n) is 14.5. The molecule has 1 aromatic carbocycles. The van der Waals surface area contributed by atoms with Crippen molar-refractivity contribution in [3.8, 4) is 0 Å². The first-order valence-corrected chi connectivity index (χ1v) is 9.88. The fourth-order valence-electron chi connectivity index (χ4n) is 3.17. The highest BCUT2D eigenvalue weighted by molar-refractivity contribution is 7.99. The summed E-state index contributed by atoms with van der Waals surface area (Å²) in [6, 6.07) is 5.33. The summed E-state index contributed by atoms with van der Waals surface area (Å²) in [5.74, 6) is 0.263. The second-order valence-corrected chi connectivity index (χ2v) is 7.98. The van der Waals surface area contributed by atoms with E-state index in [-0.39, 0.29) is 23.3 Å². The van der Waals surface area contributed by atoms with Gasteiger partial charge in [0.2, 0.25) is 5.91 Å². The quantitative estimate of drug-likeness (QED) is 0.600. The average molecular weight is 380 g/mol. The standard InChI is InChI=1S/C18H22ClN3O2S/c1-21(2)16(23)11-25-18-20-15-10-12(19)8-9-14(15)17(24)22(18)13-6-4-3-5-7-13/h8-10,13H,3-7,11H2,1-2H3. The highest BCUT2D eigenvalue weighted by atomic mass is 35.5. The number of aromatic nitrogens is 2. The van der Waals surface area contributed by atoms with Gasteiger partial charge in [0.05, 0.1) is 16.7 Å². The summed E-state index contributed by atoms with van der Waals surface area (Å²) in [6.45, 7) is 0. The second-order valence-electron chi connectivity index (χ2n) is 6.60. The Hall–Kier alpha value is -1.53. The van der Waals surface area contributed by atoms with Gasteiger partial charge in [-0.3, -0.25) is 14.2 Å². The van der Waals surface area contributed by atoms with Crippen LogP contribution in [0.15, 0.2) is 28.2 Å². The van der Waals surface area contributed by atoms with Gasteiger partial charge in [0.1, 0.15) is 0 Å². The molecule has 0 bridgehead atoms. The molecule has 0 atom stereocenters. The minimum Gasteiger partial charge on any atom is -0.348 e. The smallest absolute Gasteiger partial charge is 0.262 e. The topological polar surface area (TPSA) is 55.2 Å². The molecule has 0 unspecified atom stereocenters. The number of carbonyl (C=O) groups is 1. The van der Waals surface area contributed by atoms with Crippen molar-refractivity contribution in [1.29, 1.82) is 0 Å². The van der Waals surface area contributed by atoms with E-state index < -0.39 is 0 Å². The lowest BCUT2D eigenvalue weighted by atomic mass is 9.95. The van der Waals surface area contributed by atoms with Crippen LogP contribution < -0.4 is 5.56 Å². The largest absolute Gasteiger partial charge is 0.348 e. The van der Waals surface area contributed by atoms with E-state index in [2.05, 4.69) is 4.98 Å². The fourth-order valence-corrected chi connectivity index (χ4v) is 4.38. The van der Waals surface area contributed by atoms with E-state index >= 15 is 0 Å². The molecule has 25 heavy (non-hydrogen) atoms. The van der Waals surface area contributed by atoms with Crippen molar-refractivity contribution in [1.82, 2.24) is 14.5 Å². The van der Waals surface area contributed by atoms with E-state index in [1.54, 1.807) is 37.2 Å². The summed E-state index contributed by atoms with van der Waals surface area (Å²) in [4.78, 5) is 31.3. The molecule has 0 spiro atoms. The number of carbonyl (C=O) groups excluding carboxylic acids is 1. The maximum Gasteiger partial charge on any atom is 0.262 e. The average Bonchev–Trinajstić information content (AvgIpc) is 2.60. The molecule has 0 saturated heterocycles. The number of rotatable bonds is 4. The summed E-state index contributed by atoms with van der Waals surface area (Å²) in [5.41, 5.74) is 0.553. The van der Waals surface area contributed by atoms with Gasteiger partial charge in [0, 0.05) is 25.2 Å². The van der Waals surface area contributed by atoms with Crippen LogP contribution in [-0.4, -0.2) is 40.2 Å². The van der Waals surface area contributed by atoms with Crippen LogP contribution >= 0.6 is 23.4 Å². The Balaban J connectivity index is 2.07. The minimum absolute atomic E-state index is 0.000587. The zero-order chi connectivity index (χ0) is 18.0. The molecular weight excluding hydrogens is 358 g/mol. The highest BCUT2D eigenvalue weighted by Crippen LogP contribution is 2.31. The predicted octanol–water partition coefficient (Wildman–Crippen LogP) is 3.74. The van der Waals surface area contributed by atoms with Gasteiger partial charge in [-0.15, -0.1) is 0 Å². The van der Waals surface area contributed by atoms with Crippen molar-refractivity contribution in [2.75, 3.05) is 19.8 Å². The monoisotopic (exact) mass is 379 g/mol. The molecule has 2 aromatic rings. The maximum atomic E-state index is 13.1. The summed E-state index contributed by atoms with van der Waals surface area (Å²) < 4.78 is 1.81. The Labute approximate surface area is 156 Å². The second kappa shape index (κ2) is 7.79. The number of thioether (sulfide) groups is 1. The molecule has 1 aromatic heterocycles. The highest BCUT2D eigenvalue weighted by Gasteiger charge is 2.22. The summed E-state index contributed by atoms with van der Waals surface area (Å²) in [7, 11) is 3.45. The number of benzene rings is 1. The summed E-state index contributed by atoms with van der Waals surface area (Å²) >= 11 is 7.39. The third-order valence-electron chi connectivity index (χ3n) is 4.59. The van der Waals surface area contributed by atoms with E-state index in [1.807, 2.05) is 4.57 Å². The van der Waals surface area contributed by atoms with Gasteiger partial charge in [-0.05, 0) is 31.0 Å². The van der Waals surface area contributed by atoms with E-state index in [0.717, 1.165) is 25.7 Å². The van der Waals surface area contributed by atoms with E-state index in [4.69, 9.17) is 11.6 Å². The van der Waals surface area contributed by atoms with Gasteiger partial charge in [0.15, 0.2) is 5.16 Å². The van der Waals surface area contributed by atoms with Crippen molar-refractivity contribution in [3.05, 3.63) is 33.6 Å². The van der Waals surface area contributed by atoms with Crippen LogP contribution in [-0.2, 0) is 4.79 Å². The van der Waals surface area contributed by atoms with Crippen LogP contribution in [0.25, 0.3) is 10.9 Å². The molecule has 1 aliphatic carbocycles. The third kappa shape index (κ3) is 4.01. The lowest BCUT2D eigenvalue weighted by Crippen LogP contribution is -2.30. The predicted molar refractivity (Wildman–Crippen MR) is 103 cm³/mol. The van der Waals surface area contributed by atoms with Crippen molar-refractivity contribution in [3.63, 3.8) is 0 Å². The van der Waals surface area contributed by atoms with Crippen molar-refractivity contribution in [2.24, 2.45) is 0 Å². The normalized spacial score (nSPS) is 15.5. The van der Waals surface area contributed by atoms with Crippen LogP contribution in [0, 0.1) is 0 Å². The third-order valence-corrected chi connectivity index (χ3v) is 5.77. The molecule has 0 aliphatic heterocycles. The molecule has 134 valence electrons. The van der Waals surface area contributed by atoms with Gasteiger partial charge in [-0.2, -0.15) is 0 Å². The Bertz CT molecular complexity index is 844. The zero-order valence-corrected chi connectivity index (χ0v) is 16.1. The van der Waals surface area contributed by atoms with Crippen LogP contribution in [0.1, 0.15) is 38.1 Å². The fraction of sp³-hybridized carbons (Fsp3) is 0.500. The van der Waals surface area contributed by atoms with Crippen molar-refractivity contribution in [2.45, 2.75) is 43.3 Å². The number of fused-ring (bicyclic) bond motifs is 1.